The van der Waals surface area contributed by atoms with Crippen LogP contribution in [0.1, 0.15) is 36.9 Å². The predicted molar refractivity (Wildman–Crippen MR) is 128 cm³/mol. The van der Waals surface area contributed by atoms with Gasteiger partial charge in [0.1, 0.15) is 0 Å². The second-order valence-corrected chi connectivity index (χ2v) is 8.73. The van der Waals surface area contributed by atoms with Crippen LogP contribution in [-0.4, -0.2) is 74.2 Å². The van der Waals surface area contributed by atoms with E-state index in [0.717, 1.165) is 51.1 Å². The van der Waals surface area contributed by atoms with Crippen molar-refractivity contribution in [2.75, 3.05) is 53.5 Å². The number of methoxy groups -OCH3 is 1. The van der Waals surface area contributed by atoms with E-state index in [-0.39, 0.29) is 24.0 Å². The Bertz CT molecular complexity index is 603. The fourth-order valence-electron chi connectivity index (χ4n) is 4.13. The van der Waals surface area contributed by atoms with Crippen molar-refractivity contribution in [2.24, 2.45) is 16.8 Å². The van der Waals surface area contributed by atoms with Crippen LogP contribution in [0.25, 0.3) is 0 Å². The van der Waals surface area contributed by atoms with E-state index in [1.807, 2.05) is 7.05 Å². The molecule has 1 atom stereocenters. The van der Waals surface area contributed by atoms with Gasteiger partial charge >= 0.3 is 0 Å². The van der Waals surface area contributed by atoms with Gasteiger partial charge in [-0.3, -0.25) is 9.89 Å². The average Bonchev–Trinajstić information content (AvgIpc) is 3.33. The summed E-state index contributed by atoms with van der Waals surface area (Å²) in [5, 5.41) is 7.11. The summed E-state index contributed by atoms with van der Waals surface area (Å²) in [5.74, 6) is 2.43. The summed E-state index contributed by atoms with van der Waals surface area (Å²) >= 11 is 1.79. The van der Waals surface area contributed by atoms with Gasteiger partial charge in [-0.05, 0) is 44.7 Å². The lowest BCUT2D eigenvalue weighted by atomic mass is 9.97. The van der Waals surface area contributed by atoms with Crippen LogP contribution in [-0.2, 0) is 17.7 Å². The number of thiazole rings is 1. The fraction of sp³-hybridized carbons (Fsp3) is 0.800. The van der Waals surface area contributed by atoms with Crippen molar-refractivity contribution in [3.8, 4) is 0 Å². The van der Waals surface area contributed by atoms with Crippen molar-refractivity contribution in [3.63, 3.8) is 0 Å². The van der Waals surface area contributed by atoms with Crippen LogP contribution in [0.15, 0.2) is 10.4 Å². The second-order valence-electron chi connectivity index (χ2n) is 7.79. The molecule has 3 heterocycles. The lowest BCUT2D eigenvalue weighted by Crippen LogP contribution is -2.44. The molecule has 2 saturated heterocycles. The minimum atomic E-state index is 0. The van der Waals surface area contributed by atoms with E-state index in [1.165, 1.54) is 43.1 Å². The molecule has 28 heavy (non-hydrogen) atoms. The molecule has 0 aliphatic carbocycles. The van der Waals surface area contributed by atoms with Crippen LogP contribution in [0.5, 0.6) is 0 Å². The smallest absolute Gasteiger partial charge is 0.193 e. The highest BCUT2D eigenvalue weighted by atomic mass is 127. The van der Waals surface area contributed by atoms with Crippen molar-refractivity contribution in [1.82, 2.24) is 20.1 Å². The number of aryl methyl sites for hydroxylation is 1. The Hall–Kier alpha value is -0.450. The summed E-state index contributed by atoms with van der Waals surface area (Å²) in [4.78, 5) is 14.1. The summed E-state index contributed by atoms with van der Waals surface area (Å²) in [6, 6.07) is 0. The number of hydrogen-bond acceptors (Lipinski definition) is 5. The van der Waals surface area contributed by atoms with Crippen molar-refractivity contribution in [3.05, 3.63) is 16.1 Å². The predicted octanol–water partition coefficient (Wildman–Crippen LogP) is 3.08. The highest BCUT2D eigenvalue weighted by Gasteiger charge is 2.26. The maximum absolute atomic E-state index is 5.31. The zero-order valence-electron chi connectivity index (χ0n) is 17.5. The Labute approximate surface area is 191 Å². The topological polar surface area (TPSA) is 53.0 Å². The number of aromatic nitrogens is 1. The Balaban J connectivity index is 0.00000280. The quantitative estimate of drug-likeness (QED) is 0.340. The van der Waals surface area contributed by atoms with E-state index in [1.54, 1.807) is 18.4 Å². The number of hydrogen-bond donors (Lipinski definition) is 1. The number of piperidine rings is 1. The lowest BCUT2D eigenvalue weighted by Gasteiger charge is -2.32. The number of guanidine groups is 1. The van der Waals surface area contributed by atoms with Gasteiger partial charge in [-0.25, -0.2) is 4.98 Å². The standard InChI is InChI=1S/C20H35N5OS.HI/c1-4-19-23-18(15-27-19)13-24-8-5-16(6-9-24)11-22-20(21-2)25-10-7-17(12-25)14-26-3;/h15-17H,4-14H2,1-3H3,(H,21,22);1H. The minimum absolute atomic E-state index is 0. The molecule has 6 nitrogen and oxygen atoms in total. The molecule has 0 radical (unpaired) electrons. The molecule has 1 aromatic heterocycles. The van der Waals surface area contributed by atoms with Gasteiger partial charge < -0.3 is 15.0 Å². The number of rotatable bonds is 7. The summed E-state index contributed by atoms with van der Waals surface area (Å²) < 4.78 is 5.31. The van der Waals surface area contributed by atoms with E-state index in [9.17, 15) is 0 Å². The van der Waals surface area contributed by atoms with Crippen LogP contribution >= 0.6 is 35.3 Å². The third-order valence-electron chi connectivity index (χ3n) is 5.74. The van der Waals surface area contributed by atoms with Crippen molar-refractivity contribution in [2.45, 2.75) is 39.2 Å². The first-order chi connectivity index (χ1) is 13.2. The monoisotopic (exact) mass is 521 g/mol. The maximum Gasteiger partial charge on any atom is 0.193 e. The van der Waals surface area contributed by atoms with Crippen molar-refractivity contribution < 1.29 is 4.74 Å². The number of ether oxygens (including phenoxy) is 1. The zero-order chi connectivity index (χ0) is 19.1. The molecule has 0 bridgehead atoms. The van der Waals surface area contributed by atoms with Crippen molar-refractivity contribution >= 4 is 41.3 Å². The molecule has 1 aromatic rings. The molecule has 0 saturated carbocycles. The Kier molecular flexibility index (Phi) is 10.5. The first kappa shape index (κ1) is 23.8. The Morgan fingerprint density at radius 1 is 1.29 bits per heavy atom. The highest BCUT2D eigenvalue weighted by Crippen LogP contribution is 2.20. The van der Waals surface area contributed by atoms with E-state index in [2.05, 4.69) is 32.4 Å². The highest BCUT2D eigenvalue weighted by molar-refractivity contribution is 14.0. The molecule has 0 aromatic carbocycles. The van der Waals surface area contributed by atoms with Gasteiger partial charge in [0.15, 0.2) is 5.96 Å². The molecule has 1 N–H and O–H groups in total. The summed E-state index contributed by atoms with van der Waals surface area (Å²) in [7, 11) is 3.69. The molecule has 0 spiro atoms. The molecule has 2 aliphatic rings. The maximum atomic E-state index is 5.31. The number of likely N-dealkylation sites (tertiary alicyclic amines) is 2. The molecule has 1 unspecified atom stereocenters. The number of aliphatic imine (C=N–C) groups is 1. The molecule has 160 valence electrons. The molecular weight excluding hydrogens is 485 g/mol. The average molecular weight is 522 g/mol. The van der Waals surface area contributed by atoms with Crippen LogP contribution in [0.4, 0.5) is 0 Å². The fourth-order valence-corrected chi connectivity index (χ4v) is 4.86. The van der Waals surface area contributed by atoms with E-state index >= 15 is 0 Å². The van der Waals surface area contributed by atoms with Crippen LogP contribution in [0.3, 0.4) is 0 Å². The third-order valence-corrected chi connectivity index (χ3v) is 6.78. The Morgan fingerprint density at radius 3 is 2.68 bits per heavy atom. The lowest BCUT2D eigenvalue weighted by molar-refractivity contribution is 0.157. The Morgan fingerprint density at radius 2 is 2.04 bits per heavy atom. The first-order valence-electron chi connectivity index (χ1n) is 10.3. The molecule has 3 rings (SSSR count). The number of halogens is 1. The normalized spacial score (nSPS) is 21.8. The third kappa shape index (κ3) is 6.81. The van der Waals surface area contributed by atoms with Gasteiger partial charge in [-0.1, -0.05) is 6.92 Å². The first-order valence-corrected chi connectivity index (χ1v) is 11.2. The SMILES string of the molecule is CCc1nc(CN2CCC(CNC(=NC)N3CCC(COC)C3)CC2)cs1.I. The van der Waals surface area contributed by atoms with Gasteiger partial charge in [0.2, 0.25) is 0 Å². The molecule has 8 heteroatoms. The molecule has 2 aliphatic heterocycles. The summed E-state index contributed by atoms with van der Waals surface area (Å²) in [6.07, 6.45) is 4.74. The zero-order valence-corrected chi connectivity index (χ0v) is 20.7. The van der Waals surface area contributed by atoms with Crippen LogP contribution in [0.2, 0.25) is 0 Å². The molecular formula is C20H36IN5OS. The van der Waals surface area contributed by atoms with Gasteiger partial charge in [-0.15, -0.1) is 35.3 Å². The number of nitrogens with zero attached hydrogens (tertiary/aromatic N) is 4. The summed E-state index contributed by atoms with van der Waals surface area (Å²) in [5.41, 5.74) is 1.24. The molecule has 0 amide bonds. The van der Waals surface area contributed by atoms with Crippen LogP contribution in [0, 0.1) is 11.8 Å². The van der Waals surface area contributed by atoms with E-state index in [0.29, 0.717) is 5.92 Å². The minimum Gasteiger partial charge on any atom is -0.384 e. The summed E-state index contributed by atoms with van der Waals surface area (Å²) in [6.45, 7) is 9.54. The van der Waals surface area contributed by atoms with Crippen molar-refractivity contribution in [1.29, 1.82) is 0 Å². The largest absolute Gasteiger partial charge is 0.384 e. The number of nitrogens with one attached hydrogen (secondary N) is 1. The molecule has 2 fully saturated rings. The van der Waals surface area contributed by atoms with Gasteiger partial charge in [0.05, 0.1) is 17.3 Å². The van der Waals surface area contributed by atoms with Gasteiger partial charge in [0.25, 0.3) is 0 Å². The van der Waals surface area contributed by atoms with E-state index in [4.69, 9.17) is 9.72 Å². The van der Waals surface area contributed by atoms with Crippen LogP contribution < -0.4 is 5.32 Å². The van der Waals surface area contributed by atoms with Gasteiger partial charge in [0, 0.05) is 51.6 Å². The van der Waals surface area contributed by atoms with E-state index < -0.39 is 0 Å². The second kappa shape index (κ2) is 12.3. The van der Waals surface area contributed by atoms with Gasteiger partial charge in [-0.2, -0.15) is 0 Å².